The molecule has 1 N–H and O–H groups in total. The highest BCUT2D eigenvalue weighted by atomic mass is 35.5. The molecule has 0 aliphatic rings. The second-order valence-corrected chi connectivity index (χ2v) is 8.86. The molecule has 0 fully saturated rings. The first-order valence-corrected chi connectivity index (χ1v) is 11.1. The van der Waals surface area contributed by atoms with Crippen LogP contribution in [-0.4, -0.2) is 35.1 Å². The van der Waals surface area contributed by atoms with Crippen LogP contribution in [0.1, 0.15) is 0 Å². The van der Waals surface area contributed by atoms with Gasteiger partial charge in [-0.05, 0) is 54.6 Å². The number of hydrogen-bond donors (Lipinski definition) is 1. The molecule has 0 bridgehead atoms. The maximum Gasteiger partial charge on any atom is 0.264 e. The molecular formula is C22H20ClFN2O5S. The van der Waals surface area contributed by atoms with Crippen molar-refractivity contribution < 1.29 is 27.1 Å². The van der Waals surface area contributed by atoms with Crippen LogP contribution in [0.25, 0.3) is 0 Å². The minimum absolute atomic E-state index is 0.108. The Balaban J connectivity index is 1.98. The van der Waals surface area contributed by atoms with Crippen LogP contribution in [0.4, 0.5) is 15.8 Å². The zero-order chi connectivity index (χ0) is 23.3. The maximum atomic E-state index is 13.5. The third kappa shape index (κ3) is 5.30. The molecule has 168 valence electrons. The van der Waals surface area contributed by atoms with E-state index >= 15 is 0 Å². The molecule has 0 radical (unpaired) electrons. The lowest BCUT2D eigenvalue weighted by Crippen LogP contribution is -2.38. The molecule has 3 rings (SSSR count). The third-order valence-corrected chi connectivity index (χ3v) is 6.48. The molecular weight excluding hydrogens is 459 g/mol. The summed E-state index contributed by atoms with van der Waals surface area (Å²) in [4.78, 5) is 12.6. The number of ether oxygens (including phenoxy) is 2. The Bertz CT molecular complexity index is 1220. The standard InChI is InChI=1S/C22H20ClFN2O5S/c1-30-20-11-10-19(13-21(20)31-2)32(28,29)26(18-8-6-15(23)7-9-18)14-22(27)25-17-5-3-4-16(24)12-17/h3-13H,14H2,1-2H3,(H,25,27). The first kappa shape index (κ1) is 23.4. The van der Waals surface area contributed by atoms with Crippen molar-refractivity contribution >= 4 is 38.9 Å². The number of rotatable bonds is 8. The Kier molecular flexibility index (Phi) is 7.22. The second-order valence-electron chi connectivity index (χ2n) is 6.56. The number of amides is 1. The van der Waals surface area contributed by atoms with Crippen LogP contribution in [0.3, 0.4) is 0 Å². The van der Waals surface area contributed by atoms with E-state index in [1.807, 2.05) is 0 Å². The van der Waals surface area contributed by atoms with Gasteiger partial charge >= 0.3 is 0 Å². The van der Waals surface area contributed by atoms with Gasteiger partial charge in [-0.3, -0.25) is 9.10 Å². The van der Waals surface area contributed by atoms with Crippen LogP contribution in [0, 0.1) is 5.82 Å². The largest absolute Gasteiger partial charge is 0.493 e. The van der Waals surface area contributed by atoms with E-state index in [2.05, 4.69) is 5.32 Å². The number of benzene rings is 3. The fraction of sp³-hybridized carbons (Fsp3) is 0.136. The van der Waals surface area contributed by atoms with Gasteiger partial charge in [0.25, 0.3) is 10.0 Å². The summed E-state index contributed by atoms with van der Waals surface area (Å²) in [5, 5.41) is 2.91. The van der Waals surface area contributed by atoms with Crippen molar-refractivity contribution in [1.82, 2.24) is 0 Å². The Morgan fingerprint density at radius 1 is 1.00 bits per heavy atom. The van der Waals surface area contributed by atoms with Gasteiger partial charge in [0.05, 0.1) is 24.8 Å². The van der Waals surface area contributed by atoms with Gasteiger partial charge in [0.1, 0.15) is 12.4 Å². The molecule has 1 amide bonds. The number of nitrogens with one attached hydrogen (secondary N) is 1. The Morgan fingerprint density at radius 3 is 2.31 bits per heavy atom. The van der Waals surface area contributed by atoms with E-state index in [0.29, 0.717) is 10.8 Å². The van der Waals surface area contributed by atoms with Gasteiger partial charge in [-0.1, -0.05) is 17.7 Å². The highest BCUT2D eigenvalue weighted by molar-refractivity contribution is 7.92. The van der Waals surface area contributed by atoms with Crippen molar-refractivity contribution in [3.05, 3.63) is 77.6 Å². The van der Waals surface area contributed by atoms with Gasteiger partial charge in [-0.2, -0.15) is 0 Å². The summed E-state index contributed by atoms with van der Waals surface area (Å²) in [5.74, 6) is -0.618. The normalized spacial score (nSPS) is 11.0. The van der Waals surface area contributed by atoms with Gasteiger partial charge in [0.15, 0.2) is 11.5 Å². The smallest absolute Gasteiger partial charge is 0.264 e. The number of halogens is 2. The first-order chi connectivity index (χ1) is 15.2. The van der Waals surface area contributed by atoms with E-state index in [1.165, 1.54) is 74.9 Å². The molecule has 0 aromatic heterocycles. The molecule has 3 aromatic rings. The van der Waals surface area contributed by atoms with Crippen LogP contribution >= 0.6 is 11.6 Å². The van der Waals surface area contributed by atoms with Crippen molar-refractivity contribution in [2.75, 3.05) is 30.4 Å². The lowest BCUT2D eigenvalue weighted by atomic mass is 10.3. The van der Waals surface area contributed by atoms with E-state index in [1.54, 1.807) is 0 Å². The predicted octanol–water partition coefficient (Wildman–Crippen LogP) is 4.33. The number of carbonyl (C=O) groups is 1. The number of hydrogen-bond acceptors (Lipinski definition) is 5. The number of carbonyl (C=O) groups excluding carboxylic acids is 1. The Morgan fingerprint density at radius 2 is 1.69 bits per heavy atom. The monoisotopic (exact) mass is 478 g/mol. The zero-order valence-electron chi connectivity index (χ0n) is 17.2. The molecule has 3 aromatic carbocycles. The summed E-state index contributed by atoms with van der Waals surface area (Å²) < 4.78 is 51.7. The van der Waals surface area contributed by atoms with Gasteiger partial charge in [0, 0.05) is 16.8 Å². The number of methoxy groups -OCH3 is 2. The Labute approximate surface area is 190 Å². The molecule has 0 saturated carbocycles. The zero-order valence-corrected chi connectivity index (χ0v) is 18.8. The number of nitrogens with zero attached hydrogens (tertiary/aromatic N) is 1. The van der Waals surface area contributed by atoms with Crippen LogP contribution in [0.2, 0.25) is 5.02 Å². The minimum Gasteiger partial charge on any atom is -0.493 e. The Hall–Kier alpha value is -3.30. The molecule has 0 unspecified atom stereocenters. The van der Waals surface area contributed by atoms with Gasteiger partial charge in [-0.25, -0.2) is 12.8 Å². The SMILES string of the molecule is COc1ccc(S(=O)(=O)N(CC(=O)Nc2cccc(F)c2)c2ccc(Cl)cc2)cc1OC. The fourth-order valence-electron chi connectivity index (χ4n) is 2.92. The molecule has 0 heterocycles. The molecule has 0 saturated heterocycles. The van der Waals surface area contributed by atoms with Crippen LogP contribution in [-0.2, 0) is 14.8 Å². The van der Waals surface area contributed by atoms with Crippen LogP contribution < -0.4 is 19.1 Å². The molecule has 0 aliphatic carbocycles. The molecule has 0 spiro atoms. The summed E-state index contributed by atoms with van der Waals surface area (Å²) in [7, 11) is -1.38. The third-order valence-electron chi connectivity index (χ3n) is 4.45. The number of sulfonamides is 1. The van der Waals surface area contributed by atoms with Gasteiger partial charge < -0.3 is 14.8 Å². The summed E-state index contributed by atoms with van der Waals surface area (Å²) in [6, 6.07) is 15.4. The average molecular weight is 479 g/mol. The van der Waals surface area contributed by atoms with Gasteiger partial charge in [0.2, 0.25) is 5.91 Å². The first-order valence-electron chi connectivity index (χ1n) is 9.30. The molecule has 0 aliphatic heterocycles. The maximum absolute atomic E-state index is 13.5. The molecule has 0 atom stereocenters. The quantitative estimate of drug-likeness (QED) is 0.521. The average Bonchev–Trinajstić information content (AvgIpc) is 2.77. The van der Waals surface area contributed by atoms with E-state index in [0.717, 1.165) is 10.4 Å². The number of anilines is 2. The molecule has 10 heteroatoms. The second kappa shape index (κ2) is 9.88. The van der Waals surface area contributed by atoms with Crippen molar-refractivity contribution in [2.24, 2.45) is 0 Å². The van der Waals surface area contributed by atoms with E-state index in [4.69, 9.17) is 21.1 Å². The van der Waals surface area contributed by atoms with E-state index < -0.39 is 28.3 Å². The summed E-state index contributed by atoms with van der Waals surface area (Å²) in [6.07, 6.45) is 0. The van der Waals surface area contributed by atoms with E-state index in [9.17, 15) is 17.6 Å². The fourth-order valence-corrected chi connectivity index (χ4v) is 4.49. The lowest BCUT2D eigenvalue weighted by Gasteiger charge is -2.24. The molecule has 7 nitrogen and oxygen atoms in total. The van der Waals surface area contributed by atoms with Crippen molar-refractivity contribution in [2.45, 2.75) is 4.90 Å². The molecule has 32 heavy (non-hydrogen) atoms. The predicted molar refractivity (Wildman–Crippen MR) is 121 cm³/mol. The van der Waals surface area contributed by atoms with E-state index in [-0.39, 0.29) is 22.0 Å². The van der Waals surface area contributed by atoms with Crippen LogP contribution in [0.5, 0.6) is 11.5 Å². The minimum atomic E-state index is -4.20. The van der Waals surface area contributed by atoms with Crippen molar-refractivity contribution in [3.8, 4) is 11.5 Å². The highest BCUT2D eigenvalue weighted by Crippen LogP contribution is 2.32. The topological polar surface area (TPSA) is 84.9 Å². The summed E-state index contributed by atoms with van der Waals surface area (Å²) >= 11 is 5.94. The van der Waals surface area contributed by atoms with Crippen molar-refractivity contribution in [3.63, 3.8) is 0 Å². The van der Waals surface area contributed by atoms with Crippen molar-refractivity contribution in [1.29, 1.82) is 0 Å². The summed E-state index contributed by atoms with van der Waals surface area (Å²) in [6.45, 7) is -0.561. The van der Waals surface area contributed by atoms with Gasteiger partial charge in [-0.15, -0.1) is 0 Å². The summed E-state index contributed by atoms with van der Waals surface area (Å²) in [5.41, 5.74) is 0.424. The highest BCUT2D eigenvalue weighted by Gasteiger charge is 2.28. The lowest BCUT2D eigenvalue weighted by molar-refractivity contribution is -0.114. The van der Waals surface area contributed by atoms with Crippen LogP contribution in [0.15, 0.2) is 71.6 Å².